The Labute approximate surface area is 136 Å². The van der Waals surface area contributed by atoms with Crippen molar-refractivity contribution in [2.75, 3.05) is 24.4 Å². The Morgan fingerprint density at radius 1 is 1.18 bits per heavy atom. The molecule has 3 rings (SSSR count). The molecule has 2 aliphatic rings. The fourth-order valence-electron chi connectivity index (χ4n) is 3.34. The Morgan fingerprint density at radius 3 is 2.45 bits per heavy atom. The van der Waals surface area contributed by atoms with E-state index in [-0.39, 0.29) is 36.1 Å². The molecule has 0 saturated carbocycles. The molecule has 0 saturated heterocycles. The highest BCUT2D eigenvalue weighted by molar-refractivity contribution is 6.04. The summed E-state index contributed by atoms with van der Waals surface area (Å²) in [6, 6.07) is 2.13. The van der Waals surface area contributed by atoms with Crippen LogP contribution in [0.15, 0.2) is 6.07 Å². The summed E-state index contributed by atoms with van der Waals surface area (Å²) in [5.74, 6) is 0.982. The van der Waals surface area contributed by atoms with Crippen molar-refractivity contribution in [2.24, 2.45) is 0 Å². The van der Waals surface area contributed by atoms with Crippen molar-refractivity contribution in [1.82, 2.24) is 0 Å². The summed E-state index contributed by atoms with van der Waals surface area (Å²) in [5.41, 5.74) is 3.72. The third-order valence-corrected chi connectivity index (χ3v) is 4.53. The zero-order valence-electron chi connectivity index (χ0n) is 13.2. The molecule has 0 radical (unpaired) electrons. The van der Waals surface area contributed by atoms with Crippen LogP contribution in [-0.4, -0.2) is 26.0 Å². The minimum atomic E-state index is -0.00825. The number of hydrogen-bond donors (Lipinski definition) is 1. The second kappa shape index (κ2) is 5.80. The van der Waals surface area contributed by atoms with Gasteiger partial charge in [-0.15, -0.1) is 12.4 Å². The Morgan fingerprint density at radius 2 is 1.82 bits per heavy atom. The van der Waals surface area contributed by atoms with E-state index >= 15 is 0 Å². The highest BCUT2D eigenvalue weighted by atomic mass is 35.5. The van der Waals surface area contributed by atoms with Crippen LogP contribution in [0.4, 0.5) is 11.4 Å². The summed E-state index contributed by atoms with van der Waals surface area (Å²) in [5, 5.41) is 2.91. The average molecular weight is 325 g/mol. The highest BCUT2D eigenvalue weighted by Crippen LogP contribution is 2.50. The molecule has 2 heterocycles. The SMILES string of the molecule is COc1c2c(cc3c1N(C)C(=O)CC3C)C(C)CC(=O)N2.Cl. The zero-order chi connectivity index (χ0) is 15.3. The van der Waals surface area contributed by atoms with Crippen molar-refractivity contribution in [1.29, 1.82) is 0 Å². The third kappa shape index (κ3) is 2.33. The number of hydrogen-bond acceptors (Lipinski definition) is 3. The van der Waals surface area contributed by atoms with Crippen molar-refractivity contribution in [3.63, 3.8) is 0 Å². The van der Waals surface area contributed by atoms with Crippen molar-refractivity contribution in [3.8, 4) is 5.75 Å². The van der Waals surface area contributed by atoms with E-state index in [2.05, 4.69) is 18.3 Å². The van der Waals surface area contributed by atoms with E-state index in [1.807, 2.05) is 6.92 Å². The number of amides is 2. The lowest BCUT2D eigenvalue weighted by Crippen LogP contribution is -2.34. The molecule has 22 heavy (non-hydrogen) atoms. The Balaban J connectivity index is 0.00000176. The normalized spacial score (nSPS) is 23.2. The van der Waals surface area contributed by atoms with Gasteiger partial charge in [-0.25, -0.2) is 0 Å². The van der Waals surface area contributed by atoms with Crippen LogP contribution in [0.5, 0.6) is 5.75 Å². The van der Waals surface area contributed by atoms with E-state index in [0.717, 1.165) is 16.8 Å². The van der Waals surface area contributed by atoms with E-state index in [1.165, 1.54) is 0 Å². The summed E-state index contributed by atoms with van der Waals surface area (Å²) in [6.45, 7) is 4.10. The average Bonchev–Trinajstić information content (AvgIpc) is 2.43. The van der Waals surface area contributed by atoms with Crippen LogP contribution >= 0.6 is 12.4 Å². The lowest BCUT2D eigenvalue weighted by molar-refractivity contribution is -0.119. The predicted octanol–water partition coefficient (Wildman–Crippen LogP) is 3.03. The van der Waals surface area contributed by atoms with Crippen molar-refractivity contribution in [3.05, 3.63) is 17.2 Å². The van der Waals surface area contributed by atoms with Crippen LogP contribution < -0.4 is 15.0 Å². The van der Waals surface area contributed by atoms with Crippen LogP contribution in [0, 0.1) is 0 Å². The fourth-order valence-corrected chi connectivity index (χ4v) is 3.34. The van der Waals surface area contributed by atoms with Gasteiger partial charge in [-0.1, -0.05) is 19.9 Å². The van der Waals surface area contributed by atoms with Crippen LogP contribution in [-0.2, 0) is 9.59 Å². The molecule has 1 aromatic carbocycles. The topological polar surface area (TPSA) is 58.6 Å². The zero-order valence-corrected chi connectivity index (χ0v) is 14.0. The smallest absolute Gasteiger partial charge is 0.227 e. The molecule has 6 heteroatoms. The van der Waals surface area contributed by atoms with Gasteiger partial charge >= 0.3 is 0 Å². The van der Waals surface area contributed by atoms with Gasteiger partial charge < -0.3 is 15.0 Å². The molecule has 2 unspecified atom stereocenters. The number of fused-ring (bicyclic) bond motifs is 2. The molecule has 1 N–H and O–H groups in total. The number of methoxy groups -OCH3 is 1. The molecular formula is C16H21ClN2O3. The molecule has 0 spiro atoms. The lowest BCUT2D eigenvalue weighted by Gasteiger charge is -2.35. The van der Waals surface area contributed by atoms with Crippen molar-refractivity contribution >= 4 is 35.6 Å². The Kier molecular flexibility index (Phi) is 4.38. The molecule has 0 aromatic heterocycles. The molecule has 0 aliphatic carbocycles. The number of carbonyl (C=O) groups excluding carboxylic acids is 2. The maximum absolute atomic E-state index is 12.1. The molecule has 5 nitrogen and oxygen atoms in total. The molecular weight excluding hydrogens is 304 g/mol. The Hall–Kier alpha value is -1.75. The molecule has 0 bridgehead atoms. The van der Waals surface area contributed by atoms with Gasteiger partial charge in [0.25, 0.3) is 0 Å². The van der Waals surface area contributed by atoms with Crippen molar-refractivity contribution in [2.45, 2.75) is 38.5 Å². The first-order valence-electron chi connectivity index (χ1n) is 7.25. The number of nitrogens with zero attached hydrogens (tertiary/aromatic N) is 1. The Bertz CT molecular complexity index is 645. The maximum Gasteiger partial charge on any atom is 0.227 e. The van der Waals surface area contributed by atoms with Gasteiger partial charge in [0.15, 0.2) is 5.75 Å². The van der Waals surface area contributed by atoms with Crippen LogP contribution in [0.25, 0.3) is 0 Å². The summed E-state index contributed by atoms with van der Waals surface area (Å²) in [7, 11) is 3.34. The van der Waals surface area contributed by atoms with Crippen molar-refractivity contribution < 1.29 is 14.3 Å². The summed E-state index contributed by atoms with van der Waals surface area (Å²) in [6.07, 6.45) is 0.990. The molecule has 2 aliphatic heterocycles. The second-order valence-electron chi connectivity index (χ2n) is 6.02. The van der Waals surface area contributed by atoms with Gasteiger partial charge in [-0.05, 0) is 23.0 Å². The number of halogens is 1. The number of rotatable bonds is 1. The molecule has 1 aromatic rings. The number of ether oxygens (including phenoxy) is 1. The van der Waals surface area contributed by atoms with Gasteiger partial charge in [0.2, 0.25) is 11.8 Å². The van der Waals surface area contributed by atoms with E-state index in [0.29, 0.717) is 24.3 Å². The number of carbonyl (C=O) groups is 2. The first-order valence-corrected chi connectivity index (χ1v) is 7.25. The van der Waals surface area contributed by atoms with Crippen LogP contribution in [0.1, 0.15) is 49.7 Å². The first-order chi connectivity index (χ1) is 9.93. The van der Waals surface area contributed by atoms with Gasteiger partial charge in [0.1, 0.15) is 0 Å². The maximum atomic E-state index is 12.1. The van der Waals surface area contributed by atoms with Gasteiger partial charge in [-0.3, -0.25) is 9.59 Å². The largest absolute Gasteiger partial charge is 0.492 e. The highest BCUT2D eigenvalue weighted by Gasteiger charge is 2.35. The van der Waals surface area contributed by atoms with Gasteiger partial charge in [0, 0.05) is 19.9 Å². The summed E-state index contributed by atoms with van der Waals surface area (Å²) < 4.78 is 5.57. The third-order valence-electron chi connectivity index (χ3n) is 4.53. The number of nitrogens with one attached hydrogen (secondary N) is 1. The predicted molar refractivity (Wildman–Crippen MR) is 88.3 cm³/mol. The second-order valence-corrected chi connectivity index (χ2v) is 6.02. The minimum absolute atomic E-state index is 0. The molecule has 2 amide bonds. The summed E-state index contributed by atoms with van der Waals surface area (Å²) in [4.78, 5) is 25.6. The summed E-state index contributed by atoms with van der Waals surface area (Å²) >= 11 is 0. The molecule has 120 valence electrons. The van der Waals surface area contributed by atoms with E-state index in [1.54, 1.807) is 19.1 Å². The fraction of sp³-hybridized carbons (Fsp3) is 0.500. The van der Waals surface area contributed by atoms with Crippen LogP contribution in [0.3, 0.4) is 0 Å². The van der Waals surface area contributed by atoms with E-state index < -0.39 is 0 Å². The standard InChI is InChI=1S/C16H20N2O3.ClH/c1-8-5-12(19)17-14-10(8)7-11-9(2)6-13(20)18(3)15(11)16(14)21-4;/h7-9H,5-6H2,1-4H3,(H,17,19);1H. The molecule has 0 fully saturated rings. The first kappa shape index (κ1) is 16.6. The van der Waals surface area contributed by atoms with E-state index in [4.69, 9.17) is 4.74 Å². The monoisotopic (exact) mass is 324 g/mol. The van der Waals surface area contributed by atoms with E-state index in [9.17, 15) is 9.59 Å². The minimum Gasteiger partial charge on any atom is -0.492 e. The number of benzene rings is 1. The van der Waals surface area contributed by atoms with Crippen LogP contribution in [0.2, 0.25) is 0 Å². The molecule has 2 atom stereocenters. The lowest BCUT2D eigenvalue weighted by atomic mass is 9.83. The van der Waals surface area contributed by atoms with Gasteiger partial charge in [0.05, 0.1) is 18.5 Å². The number of anilines is 2. The van der Waals surface area contributed by atoms with Gasteiger partial charge in [-0.2, -0.15) is 0 Å². The quantitative estimate of drug-likeness (QED) is 0.863.